The highest BCUT2D eigenvalue weighted by atomic mass is 16.5. The Hall–Kier alpha value is -0.0800. The first-order chi connectivity index (χ1) is 33.9. The highest BCUT2D eigenvalue weighted by Crippen LogP contribution is 2.63. The normalized spacial score (nSPS) is 24.6. The van der Waals surface area contributed by atoms with Crippen LogP contribution < -0.4 is 0 Å². The summed E-state index contributed by atoms with van der Waals surface area (Å²) >= 11 is 0. The third-order valence-corrected chi connectivity index (χ3v) is 16.3. The number of rotatable bonds is 6. The van der Waals surface area contributed by atoms with Gasteiger partial charge in [-0.3, -0.25) is 0 Å². The van der Waals surface area contributed by atoms with E-state index in [1.54, 1.807) is 38.5 Å². The number of aliphatic hydroxyl groups is 1. The third-order valence-electron chi connectivity index (χ3n) is 16.3. The molecule has 2 heteroatoms. The van der Waals surface area contributed by atoms with Gasteiger partial charge in [0.2, 0.25) is 0 Å². The van der Waals surface area contributed by atoms with Crippen LogP contribution >= 0.6 is 0 Å². The molecule has 8 fully saturated rings. The van der Waals surface area contributed by atoms with Crippen molar-refractivity contribution in [2.24, 2.45) is 101 Å². The molecule has 0 aromatic heterocycles. The van der Waals surface area contributed by atoms with Gasteiger partial charge in [-0.15, -0.1) is 0 Å². The molecule has 464 valence electrons. The summed E-state index contributed by atoms with van der Waals surface area (Å²) in [6.45, 7) is 74.7. The van der Waals surface area contributed by atoms with Crippen LogP contribution in [0.3, 0.4) is 0 Å². The van der Waals surface area contributed by atoms with Gasteiger partial charge in [0, 0.05) is 5.92 Å². The van der Waals surface area contributed by atoms with Crippen molar-refractivity contribution in [2.75, 3.05) is 13.2 Å². The highest BCUT2D eigenvalue weighted by molar-refractivity contribution is 5.02. The Labute approximate surface area is 490 Å². The molecule has 0 unspecified atom stereocenters. The van der Waals surface area contributed by atoms with Crippen LogP contribution in [0.25, 0.3) is 0 Å². The summed E-state index contributed by atoms with van der Waals surface area (Å²) in [6.07, 6.45) is 32.1. The van der Waals surface area contributed by atoms with Gasteiger partial charge < -0.3 is 9.84 Å². The zero-order valence-electron chi connectivity index (χ0n) is 59.9. The maximum absolute atomic E-state index is 9.35. The van der Waals surface area contributed by atoms with E-state index in [0.29, 0.717) is 43.3 Å². The third kappa shape index (κ3) is 47.0. The van der Waals surface area contributed by atoms with Crippen molar-refractivity contribution in [1.82, 2.24) is 0 Å². The number of hydrogen-bond acceptors (Lipinski definition) is 2. The molecule has 7 aliphatic carbocycles. The highest BCUT2D eigenvalue weighted by Gasteiger charge is 2.51. The summed E-state index contributed by atoms with van der Waals surface area (Å²) in [5.41, 5.74) is 5.44. The summed E-state index contributed by atoms with van der Waals surface area (Å²) < 4.78 is 5.06. The smallest absolute Gasteiger partial charge is 0.0596 e. The van der Waals surface area contributed by atoms with E-state index in [9.17, 15) is 5.11 Å². The van der Waals surface area contributed by atoms with Gasteiger partial charge in [0.15, 0.2) is 0 Å². The number of ether oxygens (including phenoxy) is 1. The second-order valence-corrected chi connectivity index (χ2v) is 40.3. The minimum Gasteiger partial charge on any atom is -0.390 e. The Balaban J connectivity index is 0.000000868. The Morgan fingerprint density at radius 3 is 0.922 bits per heavy atom. The molecule has 4 bridgehead atoms. The molecule has 8 rings (SSSR count). The van der Waals surface area contributed by atoms with Gasteiger partial charge in [0.05, 0.1) is 18.8 Å². The number of hydrogen-bond donors (Lipinski definition) is 1. The van der Waals surface area contributed by atoms with Gasteiger partial charge in [0.1, 0.15) is 0 Å². The first-order valence-corrected chi connectivity index (χ1v) is 33.2. The van der Waals surface area contributed by atoms with Gasteiger partial charge in [0.25, 0.3) is 0 Å². The zero-order chi connectivity index (χ0) is 60.7. The first-order valence-electron chi connectivity index (χ1n) is 33.2. The topological polar surface area (TPSA) is 29.5 Å². The molecule has 0 spiro atoms. The Bertz CT molecular complexity index is 1390. The second kappa shape index (κ2) is 30.6. The van der Waals surface area contributed by atoms with Crippen LogP contribution in [0.1, 0.15) is 363 Å². The van der Waals surface area contributed by atoms with Crippen LogP contribution in [-0.2, 0) is 4.74 Å². The van der Waals surface area contributed by atoms with Crippen LogP contribution in [0.15, 0.2) is 0 Å². The lowest BCUT2D eigenvalue weighted by atomic mass is 9.47. The average Bonchev–Trinajstić information content (AvgIpc) is 4.00. The van der Waals surface area contributed by atoms with Gasteiger partial charge in [-0.2, -0.15) is 0 Å². The Kier molecular flexibility index (Phi) is 30.6. The minimum absolute atomic E-state index is 0.234. The van der Waals surface area contributed by atoms with Gasteiger partial charge >= 0.3 is 0 Å². The summed E-state index contributed by atoms with van der Waals surface area (Å²) in [5.74, 6) is 7.16. The molecule has 0 atom stereocenters. The second-order valence-electron chi connectivity index (χ2n) is 40.3. The predicted octanol–water partition coefficient (Wildman–Crippen LogP) is 25.1. The molecule has 77 heavy (non-hydrogen) atoms. The van der Waals surface area contributed by atoms with E-state index in [1.165, 1.54) is 96.3 Å². The minimum atomic E-state index is -0.516. The molecule has 0 aromatic carbocycles. The van der Waals surface area contributed by atoms with Crippen molar-refractivity contribution >= 4 is 0 Å². The van der Waals surface area contributed by atoms with Crippen molar-refractivity contribution in [3.8, 4) is 0 Å². The first kappa shape index (κ1) is 76.9. The quantitative estimate of drug-likeness (QED) is 0.287. The van der Waals surface area contributed by atoms with E-state index in [-0.39, 0.29) is 5.41 Å². The molecule has 8 aliphatic rings. The van der Waals surface area contributed by atoms with E-state index in [0.717, 1.165) is 71.9 Å². The summed E-state index contributed by atoms with van der Waals surface area (Å²) in [4.78, 5) is 0. The Morgan fingerprint density at radius 2 is 0.779 bits per heavy atom. The Morgan fingerprint density at radius 1 is 0.429 bits per heavy atom. The van der Waals surface area contributed by atoms with Gasteiger partial charge in [-0.05, 0) is 205 Å². The lowest BCUT2D eigenvalue weighted by Crippen LogP contribution is -2.47. The van der Waals surface area contributed by atoms with Crippen LogP contribution in [0.4, 0.5) is 0 Å². The van der Waals surface area contributed by atoms with Crippen LogP contribution in [0, 0.1) is 101 Å². The molecule has 1 heterocycles. The molecule has 7 saturated carbocycles. The van der Waals surface area contributed by atoms with Crippen LogP contribution in [0.5, 0.6) is 0 Å². The largest absolute Gasteiger partial charge is 0.390 e. The lowest BCUT2D eigenvalue weighted by molar-refractivity contribution is -0.0821. The molecule has 1 saturated heterocycles. The van der Waals surface area contributed by atoms with E-state index in [4.69, 9.17) is 4.74 Å². The summed E-state index contributed by atoms with van der Waals surface area (Å²) in [7, 11) is 0. The fourth-order valence-corrected chi connectivity index (χ4v) is 15.6. The molecular formula is C75H152O2. The monoisotopic (exact) mass is 1090 g/mol. The van der Waals surface area contributed by atoms with Crippen molar-refractivity contribution < 1.29 is 9.84 Å². The van der Waals surface area contributed by atoms with Crippen molar-refractivity contribution in [3.63, 3.8) is 0 Å². The van der Waals surface area contributed by atoms with E-state index in [2.05, 4.69) is 208 Å². The molecular weight excluding hydrogens is 933 g/mol. The van der Waals surface area contributed by atoms with Crippen molar-refractivity contribution in [2.45, 2.75) is 368 Å². The van der Waals surface area contributed by atoms with Crippen molar-refractivity contribution in [3.05, 3.63) is 0 Å². The summed E-state index contributed by atoms with van der Waals surface area (Å²) in [6, 6.07) is 0. The van der Waals surface area contributed by atoms with Crippen LogP contribution in [-0.4, -0.2) is 23.9 Å². The zero-order valence-corrected chi connectivity index (χ0v) is 59.9. The van der Waals surface area contributed by atoms with Crippen molar-refractivity contribution in [1.29, 1.82) is 0 Å². The molecule has 0 amide bonds. The molecule has 2 nitrogen and oxygen atoms in total. The van der Waals surface area contributed by atoms with Gasteiger partial charge in [-0.1, -0.05) is 253 Å². The maximum Gasteiger partial charge on any atom is 0.0596 e. The van der Waals surface area contributed by atoms with E-state index < -0.39 is 5.60 Å². The van der Waals surface area contributed by atoms with Gasteiger partial charge in [-0.25, -0.2) is 0 Å². The SMILES string of the molecule is CC(C)(C)C1COC1.CC(C)(C)CC(C)(C)C.CC(C)(C)CC(C)(C)O.CC(C)(C)CC1(C)CC1.CC(C)(C)CC12CC3CC(CC(C3)C1)C2.CC(C)(C)CC1CC1.CC(C)(C)CC1CCCCC1.CC(C)CC(C)(C)C. The molecule has 0 radical (unpaired) electrons. The lowest BCUT2D eigenvalue weighted by Gasteiger charge is -2.58. The van der Waals surface area contributed by atoms with Crippen LogP contribution in [0.2, 0.25) is 0 Å². The average molecular weight is 1090 g/mol. The van der Waals surface area contributed by atoms with E-state index in [1.807, 2.05) is 13.8 Å². The molecule has 1 N–H and O–H groups in total. The summed E-state index contributed by atoms with van der Waals surface area (Å²) in [5, 5.41) is 9.35. The standard InChI is InChI=1S/C15H26.C11H22.C9H18.C9H20.C8H18O.C8H16.C8H18.C7H14O/c1-14(2,3)10-15-7-11-4-12(8-15)6-13(5-11)9-15;1-11(2,3)9-10-7-5-4-6-8-10;1-8(2,3)7-9(4)5-6-9;1-8(2,3)7-9(4,5)6;1-7(2,3)6-8(4,5)9;1-8(2,3)6-7-4-5-7;1-7(2)6-8(3,4)5;1-7(2,3)6-4-8-5-6/h11-13H,4-10H2,1-3H3;10H,4-9H2,1-3H3;5-7H2,1-4H3;7H2,1-6H3;9H,6H2,1-5H3;7H,4-6H2,1-3H3;7H,6H2,1-5H3;6H,4-5H2,1-3H3. The molecule has 1 aliphatic heterocycles. The van der Waals surface area contributed by atoms with E-state index >= 15 is 0 Å². The predicted molar refractivity (Wildman–Crippen MR) is 350 cm³/mol. The maximum atomic E-state index is 9.35. The molecule has 0 aromatic rings. The fraction of sp³-hybridized carbons (Fsp3) is 1.00. The fourth-order valence-electron chi connectivity index (χ4n) is 15.6.